The molecule has 0 spiro atoms. The summed E-state index contributed by atoms with van der Waals surface area (Å²) in [5.41, 5.74) is 0.196. The molecule has 0 bridgehead atoms. The van der Waals surface area contributed by atoms with Crippen molar-refractivity contribution in [3.8, 4) is 0 Å². The zero-order valence-corrected chi connectivity index (χ0v) is 10.5. The van der Waals surface area contributed by atoms with Crippen LogP contribution in [-0.2, 0) is 15.1 Å². The van der Waals surface area contributed by atoms with Crippen molar-refractivity contribution in [1.29, 1.82) is 0 Å². The molecule has 0 radical (unpaired) electrons. The van der Waals surface area contributed by atoms with Crippen LogP contribution in [0.3, 0.4) is 0 Å². The normalized spacial score (nSPS) is 29.2. The van der Waals surface area contributed by atoms with Crippen LogP contribution in [0.15, 0.2) is 28.7 Å². The van der Waals surface area contributed by atoms with Crippen LogP contribution >= 0.6 is 15.9 Å². The average molecular weight is 285 g/mol. The SMILES string of the molecule is CC1(c2cccc(Br)c2)OCCC1C(=O)O. The van der Waals surface area contributed by atoms with Gasteiger partial charge in [0.2, 0.25) is 0 Å². The summed E-state index contributed by atoms with van der Waals surface area (Å²) in [6, 6.07) is 7.64. The van der Waals surface area contributed by atoms with Crippen molar-refractivity contribution < 1.29 is 14.6 Å². The molecule has 86 valence electrons. The van der Waals surface area contributed by atoms with Crippen LogP contribution < -0.4 is 0 Å². The highest BCUT2D eigenvalue weighted by molar-refractivity contribution is 9.10. The van der Waals surface area contributed by atoms with Crippen molar-refractivity contribution in [2.75, 3.05) is 6.61 Å². The Labute approximate surface area is 103 Å². The first kappa shape index (κ1) is 11.6. The molecular formula is C12H13BrO3. The molecule has 2 atom stereocenters. The number of carboxylic acids is 1. The van der Waals surface area contributed by atoms with Crippen molar-refractivity contribution >= 4 is 21.9 Å². The second kappa shape index (κ2) is 4.18. The third kappa shape index (κ3) is 1.87. The van der Waals surface area contributed by atoms with E-state index in [0.29, 0.717) is 13.0 Å². The highest BCUT2D eigenvalue weighted by atomic mass is 79.9. The molecule has 1 aliphatic heterocycles. The monoisotopic (exact) mass is 284 g/mol. The summed E-state index contributed by atoms with van der Waals surface area (Å²) in [6.45, 7) is 2.35. The maximum absolute atomic E-state index is 11.2. The number of carboxylic acid groups (broad SMARTS) is 1. The van der Waals surface area contributed by atoms with Crippen molar-refractivity contribution in [1.82, 2.24) is 0 Å². The van der Waals surface area contributed by atoms with Gasteiger partial charge in [-0.15, -0.1) is 0 Å². The third-order valence-electron chi connectivity index (χ3n) is 3.17. The smallest absolute Gasteiger partial charge is 0.309 e. The molecule has 0 aliphatic carbocycles. The van der Waals surface area contributed by atoms with E-state index in [-0.39, 0.29) is 0 Å². The third-order valence-corrected chi connectivity index (χ3v) is 3.66. The van der Waals surface area contributed by atoms with E-state index in [1.165, 1.54) is 0 Å². The number of hydrogen-bond donors (Lipinski definition) is 1. The summed E-state index contributed by atoms with van der Waals surface area (Å²) in [6.07, 6.45) is 0.568. The Morgan fingerprint density at radius 1 is 1.62 bits per heavy atom. The lowest BCUT2D eigenvalue weighted by atomic mass is 9.83. The van der Waals surface area contributed by atoms with Gasteiger partial charge in [-0.1, -0.05) is 28.1 Å². The fourth-order valence-electron chi connectivity index (χ4n) is 2.21. The van der Waals surface area contributed by atoms with E-state index in [4.69, 9.17) is 4.74 Å². The standard InChI is InChI=1S/C12H13BrO3/c1-12(8-3-2-4-9(13)7-8)10(11(14)15)5-6-16-12/h2-4,7,10H,5-6H2,1H3,(H,14,15). The number of carbonyl (C=O) groups is 1. The molecule has 3 nitrogen and oxygen atoms in total. The minimum atomic E-state index is -0.792. The van der Waals surface area contributed by atoms with Crippen LogP contribution in [0.25, 0.3) is 0 Å². The molecule has 0 saturated carbocycles. The van der Waals surface area contributed by atoms with Gasteiger partial charge in [0.1, 0.15) is 5.60 Å². The van der Waals surface area contributed by atoms with Crippen LogP contribution in [0.5, 0.6) is 0 Å². The molecule has 1 fully saturated rings. The van der Waals surface area contributed by atoms with Crippen LogP contribution in [0, 0.1) is 5.92 Å². The molecule has 2 unspecified atom stereocenters. The molecule has 4 heteroatoms. The Kier molecular flexibility index (Phi) is 3.04. The second-order valence-corrected chi connectivity index (χ2v) is 5.06. The van der Waals surface area contributed by atoms with E-state index in [2.05, 4.69) is 15.9 Å². The Morgan fingerprint density at radius 3 is 3.00 bits per heavy atom. The van der Waals surface area contributed by atoms with Gasteiger partial charge in [0.05, 0.1) is 5.92 Å². The number of benzene rings is 1. The fraction of sp³-hybridized carbons (Fsp3) is 0.417. The van der Waals surface area contributed by atoms with Crippen LogP contribution in [0.2, 0.25) is 0 Å². The fourth-order valence-corrected chi connectivity index (χ4v) is 2.60. The minimum Gasteiger partial charge on any atom is -0.481 e. The van der Waals surface area contributed by atoms with E-state index < -0.39 is 17.5 Å². The molecule has 1 heterocycles. The van der Waals surface area contributed by atoms with Gasteiger partial charge in [-0.2, -0.15) is 0 Å². The lowest BCUT2D eigenvalue weighted by molar-refractivity contribution is -0.148. The largest absolute Gasteiger partial charge is 0.481 e. The lowest BCUT2D eigenvalue weighted by Gasteiger charge is -2.28. The maximum atomic E-state index is 11.2. The van der Waals surface area contributed by atoms with E-state index in [9.17, 15) is 9.90 Å². The van der Waals surface area contributed by atoms with Crippen molar-refractivity contribution in [2.45, 2.75) is 18.9 Å². The first-order valence-electron chi connectivity index (χ1n) is 5.17. The molecule has 16 heavy (non-hydrogen) atoms. The van der Waals surface area contributed by atoms with E-state index in [0.717, 1.165) is 10.0 Å². The van der Waals surface area contributed by atoms with Crippen LogP contribution in [0.4, 0.5) is 0 Å². The van der Waals surface area contributed by atoms with Crippen molar-refractivity contribution in [3.05, 3.63) is 34.3 Å². The average Bonchev–Trinajstić information content (AvgIpc) is 2.62. The molecule has 2 rings (SSSR count). The first-order valence-corrected chi connectivity index (χ1v) is 5.96. The predicted octanol–water partition coefficient (Wildman–Crippen LogP) is 2.79. The van der Waals surface area contributed by atoms with Gasteiger partial charge in [0, 0.05) is 11.1 Å². The maximum Gasteiger partial charge on any atom is 0.309 e. The molecule has 1 aliphatic rings. The predicted molar refractivity (Wildman–Crippen MR) is 63.2 cm³/mol. The van der Waals surface area contributed by atoms with Gasteiger partial charge < -0.3 is 9.84 Å². The minimum absolute atomic E-state index is 0.471. The van der Waals surface area contributed by atoms with E-state index in [1.54, 1.807) is 0 Å². The summed E-state index contributed by atoms with van der Waals surface area (Å²) in [5, 5.41) is 9.19. The Bertz CT molecular complexity index is 418. The summed E-state index contributed by atoms with van der Waals surface area (Å²) < 4.78 is 6.59. The van der Waals surface area contributed by atoms with Gasteiger partial charge in [-0.25, -0.2) is 0 Å². The number of rotatable bonds is 2. The number of halogens is 1. The van der Waals surface area contributed by atoms with Crippen LogP contribution in [0.1, 0.15) is 18.9 Å². The topological polar surface area (TPSA) is 46.5 Å². The van der Waals surface area contributed by atoms with Crippen molar-refractivity contribution in [3.63, 3.8) is 0 Å². The lowest BCUT2D eigenvalue weighted by Crippen LogP contribution is -2.33. The highest BCUT2D eigenvalue weighted by Crippen LogP contribution is 2.41. The number of hydrogen-bond acceptors (Lipinski definition) is 2. The van der Waals surface area contributed by atoms with Gasteiger partial charge in [-0.3, -0.25) is 4.79 Å². The van der Waals surface area contributed by atoms with Gasteiger partial charge in [0.25, 0.3) is 0 Å². The van der Waals surface area contributed by atoms with E-state index in [1.807, 2.05) is 31.2 Å². The Hall–Kier alpha value is -0.870. The van der Waals surface area contributed by atoms with E-state index >= 15 is 0 Å². The number of aliphatic carboxylic acids is 1. The summed E-state index contributed by atoms with van der Waals surface area (Å²) >= 11 is 3.39. The molecule has 1 aromatic rings. The molecule has 0 amide bonds. The molecule has 1 N–H and O–H groups in total. The summed E-state index contributed by atoms with van der Waals surface area (Å²) in [4.78, 5) is 11.2. The van der Waals surface area contributed by atoms with Crippen molar-refractivity contribution in [2.24, 2.45) is 5.92 Å². The molecule has 0 aromatic heterocycles. The van der Waals surface area contributed by atoms with Gasteiger partial charge in [0.15, 0.2) is 0 Å². The van der Waals surface area contributed by atoms with Crippen LogP contribution in [-0.4, -0.2) is 17.7 Å². The van der Waals surface area contributed by atoms with Gasteiger partial charge in [-0.05, 0) is 31.0 Å². The summed E-state index contributed by atoms with van der Waals surface area (Å²) in [5.74, 6) is -1.26. The molecular weight excluding hydrogens is 272 g/mol. The summed E-state index contributed by atoms with van der Waals surface area (Å²) in [7, 11) is 0. The quantitative estimate of drug-likeness (QED) is 0.908. The highest BCUT2D eigenvalue weighted by Gasteiger charge is 2.46. The molecule has 1 aromatic carbocycles. The number of ether oxygens (including phenoxy) is 1. The van der Waals surface area contributed by atoms with Gasteiger partial charge >= 0.3 is 5.97 Å². The Morgan fingerprint density at radius 2 is 2.38 bits per heavy atom. The second-order valence-electron chi connectivity index (χ2n) is 4.15. The molecule has 1 saturated heterocycles. The zero-order chi connectivity index (χ0) is 11.8. The Balaban J connectivity index is 2.41. The zero-order valence-electron chi connectivity index (χ0n) is 8.94. The first-order chi connectivity index (χ1) is 7.54.